The average Bonchev–Trinajstić information content (AvgIpc) is 2.94. The Morgan fingerprint density at radius 1 is 1.35 bits per heavy atom. The zero-order valence-electron chi connectivity index (χ0n) is 11.0. The van der Waals surface area contributed by atoms with E-state index in [0.29, 0.717) is 18.1 Å². The first-order valence-corrected chi connectivity index (χ1v) is 6.05. The highest BCUT2D eigenvalue weighted by Gasteiger charge is 2.11. The van der Waals surface area contributed by atoms with Crippen LogP contribution < -0.4 is 20.7 Å². The first-order valence-electron chi connectivity index (χ1n) is 6.05. The number of hydrazine groups is 1. The van der Waals surface area contributed by atoms with Crippen molar-refractivity contribution in [3.8, 4) is 11.5 Å². The summed E-state index contributed by atoms with van der Waals surface area (Å²) in [6.45, 7) is 2.65. The van der Waals surface area contributed by atoms with Gasteiger partial charge in [-0.25, -0.2) is 5.84 Å². The third-order valence-corrected chi connectivity index (χ3v) is 2.42. The van der Waals surface area contributed by atoms with Gasteiger partial charge < -0.3 is 14.0 Å². The van der Waals surface area contributed by atoms with Crippen LogP contribution in [0.4, 0.5) is 0 Å². The predicted octanol–water partition coefficient (Wildman–Crippen LogP) is 1.26. The quantitative estimate of drug-likeness (QED) is 0.468. The molecule has 0 unspecified atom stereocenters. The van der Waals surface area contributed by atoms with Crippen molar-refractivity contribution in [3.05, 3.63) is 41.8 Å². The van der Waals surface area contributed by atoms with E-state index in [1.54, 1.807) is 12.1 Å². The maximum absolute atomic E-state index is 11.2. The maximum atomic E-state index is 11.2. The summed E-state index contributed by atoms with van der Waals surface area (Å²) in [6.07, 6.45) is 0. The van der Waals surface area contributed by atoms with Gasteiger partial charge >= 0.3 is 0 Å². The Morgan fingerprint density at radius 2 is 2.10 bits per heavy atom. The number of aromatic nitrogens is 1. The fourth-order valence-electron chi connectivity index (χ4n) is 1.54. The maximum Gasteiger partial charge on any atom is 0.287 e. The SMILES string of the molecule is CCOc1cccc(OCc2cc(C(=O)NN)no2)c1. The number of nitrogens with two attached hydrogens (primary N) is 1. The molecule has 0 aliphatic carbocycles. The van der Waals surface area contributed by atoms with Gasteiger partial charge in [-0.05, 0) is 19.1 Å². The minimum atomic E-state index is -0.515. The van der Waals surface area contributed by atoms with Crippen molar-refractivity contribution in [2.45, 2.75) is 13.5 Å². The van der Waals surface area contributed by atoms with Crippen molar-refractivity contribution >= 4 is 5.91 Å². The van der Waals surface area contributed by atoms with Crippen molar-refractivity contribution in [2.24, 2.45) is 5.84 Å². The zero-order valence-corrected chi connectivity index (χ0v) is 11.0. The van der Waals surface area contributed by atoms with Crippen LogP contribution in [0.25, 0.3) is 0 Å². The van der Waals surface area contributed by atoms with Gasteiger partial charge in [0.1, 0.15) is 18.1 Å². The Balaban J connectivity index is 1.96. The number of nitrogens with zero attached hydrogens (tertiary/aromatic N) is 1. The van der Waals surface area contributed by atoms with E-state index < -0.39 is 5.91 Å². The number of rotatable bonds is 6. The van der Waals surface area contributed by atoms with Crippen LogP contribution in [0.1, 0.15) is 23.2 Å². The Labute approximate surface area is 115 Å². The highest BCUT2D eigenvalue weighted by atomic mass is 16.5. The number of ether oxygens (including phenoxy) is 2. The Kier molecular flexibility index (Phi) is 4.56. The molecule has 0 saturated heterocycles. The molecule has 1 amide bonds. The molecular formula is C13H15N3O4. The van der Waals surface area contributed by atoms with Crippen molar-refractivity contribution in [2.75, 3.05) is 6.61 Å². The standard InChI is InChI=1S/C13H15N3O4/c1-2-18-9-4-3-5-10(6-9)19-8-11-7-12(16-20-11)13(17)15-14/h3-7H,2,8,14H2,1H3,(H,15,17). The molecule has 7 heteroatoms. The van der Waals surface area contributed by atoms with Gasteiger partial charge in [0, 0.05) is 12.1 Å². The molecule has 2 aromatic rings. The molecule has 0 aliphatic rings. The lowest BCUT2D eigenvalue weighted by Gasteiger charge is -2.06. The molecule has 1 heterocycles. The van der Waals surface area contributed by atoms with E-state index in [0.717, 1.165) is 5.75 Å². The number of carbonyl (C=O) groups is 1. The highest BCUT2D eigenvalue weighted by molar-refractivity contribution is 5.91. The lowest BCUT2D eigenvalue weighted by atomic mass is 10.3. The van der Waals surface area contributed by atoms with Gasteiger partial charge in [-0.1, -0.05) is 11.2 Å². The second-order valence-corrected chi connectivity index (χ2v) is 3.85. The van der Waals surface area contributed by atoms with Gasteiger partial charge in [-0.3, -0.25) is 10.2 Å². The molecule has 20 heavy (non-hydrogen) atoms. The molecule has 0 fully saturated rings. The van der Waals surface area contributed by atoms with Crippen molar-refractivity contribution in [3.63, 3.8) is 0 Å². The Morgan fingerprint density at radius 3 is 2.80 bits per heavy atom. The molecule has 7 nitrogen and oxygen atoms in total. The van der Waals surface area contributed by atoms with Crippen LogP contribution in [-0.2, 0) is 6.61 Å². The van der Waals surface area contributed by atoms with Crippen LogP contribution in [0.5, 0.6) is 11.5 Å². The summed E-state index contributed by atoms with van der Waals surface area (Å²) >= 11 is 0. The van der Waals surface area contributed by atoms with E-state index in [4.69, 9.17) is 19.8 Å². The zero-order chi connectivity index (χ0) is 14.4. The van der Waals surface area contributed by atoms with Crippen LogP contribution in [0.15, 0.2) is 34.9 Å². The van der Waals surface area contributed by atoms with Crippen molar-refractivity contribution in [1.82, 2.24) is 10.6 Å². The van der Waals surface area contributed by atoms with Crippen LogP contribution in [-0.4, -0.2) is 17.7 Å². The number of benzene rings is 1. The van der Waals surface area contributed by atoms with E-state index in [2.05, 4.69) is 5.16 Å². The topological polar surface area (TPSA) is 99.6 Å². The van der Waals surface area contributed by atoms with Gasteiger partial charge in [-0.15, -0.1) is 0 Å². The van der Waals surface area contributed by atoms with Gasteiger partial charge in [0.05, 0.1) is 6.61 Å². The van der Waals surface area contributed by atoms with Crippen molar-refractivity contribution in [1.29, 1.82) is 0 Å². The number of hydrogen-bond donors (Lipinski definition) is 2. The lowest BCUT2D eigenvalue weighted by molar-refractivity contribution is 0.0944. The third-order valence-electron chi connectivity index (χ3n) is 2.42. The summed E-state index contributed by atoms with van der Waals surface area (Å²) in [5, 5.41) is 3.57. The second kappa shape index (κ2) is 6.58. The average molecular weight is 277 g/mol. The van der Waals surface area contributed by atoms with E-state index in [1.807, 2.05) is 24.5 Å². The molecule has 0 spiro atoms. The molecule has 0 atom stereocenters. The van der Waals surface area contributed by atoms with E-state index >= 15 is 0 Å². The number of carbonyl (C=O) groups excluding carboxylic acids is 1. The van der Waals surface area contributed by atoms with Crippen LogP contribution in [0.2, 0.25) is 0 Å². The molecule has 0 bridgehead atoms. The van der Waals surface area contributed by atoms with E-state index in [1.165, 1.54) is 6.07 Å². The number of nitrogen functional groups attached to an aromatic ring is 1. The minimum Gasteiger partial charge on any atom is -0.494 e. The second-order valence-electron chi connectivity index (χ2n) is 3.85. The molecule has 1 aromatic carbocycles. The fourth-order valence-corrected chi connectivity index (χ4v) is 1.54. The molecule has 2 rings (SSSR count). The molecule has 0 radical (unpaired) electrons. The first-order chi connectivity index (χ1) is 9.72. The Bertz CT molecular complexity index is 583. The minimum absolute atomic E-state index is 0.106. The smallest absolute Gasteiger partial charge is 0.287 e. The van der Waals surface area contributed by atoms with Gasteiger partial charge in [0.15, 0.2) is 11.5 Å². The molecule has 0 aliphatic heterocycles. The number of hydrogen-bond acceptors (Lipinski definition) is 6. The monoisotopic (exact) mass is 277 g/mol. The summed E-state index contributed by atoms with van der Waals surface area (Å²) in [5.74, 6) is 6.27. The lowest BCUT2D eigenvalue weighted by Crippen LogP contribution is -2.30. The van der Waals surface area contributed by atoms with Gasteiger partial charge in [0.2, 0.25) is 0 Å². The van der Waals surface area contributed by atoms with Crippen molar-refractivity contribution < 1.29 is 18.8 Å². The van der Waals surface area contributed by atoms with Gasteiger partial charge in [-0.2, -0.15) is 0 Å². The summed E-state index contributed by atoms with van der Waals surface area (Å²) in [4.78, 5) is 11.2. The predicted molar refractivity (Wildman–Crippen MR) is 70.1 cm³/mol. The number of amides is 1. The summed E-state index contributed by atoms with van der Waals surface area (Å²) in [6, 6.07) is 8.71. The first kappa shape index (κ1) is 13.9. The number of nitrogens with one attached hydrogen (secondary N) is 1. The summed E-state index contributed by atoms with van der Waals surface area (Å²) < 4.78 is 15.9. The third kappa shape index (κ3) is 3.48. The highest BCUT2D eigenvalue weighted by Crippen LogP contribution is 2.20. The molecule has 1 aromatic heterocycles. The van der Waals surface area contributed by atoms with Crippen LogP contribution in [0, 0.1) is 0 Å². The van der Waals surface area contributed by atoms with E-state index in [-0.39, 0.29) is 12.3 Å². The fraction of sp³-hybridized carbons (Fsp3) is 0.231. The largest absolute Gasteiger partial charge is 0.494 e. The normalized spacial score (nSPS) is 10.1. The van der Waals surface area contributed by atoms with Crippen LogP contribution >= 0.6 is 0 Å². The molecule has 106 valence electrons. The van der Waals surface area contributed by atoms with E-state index in [9.17, 15) is 4.79 Å². The molecule has 3 N–H and O–H groups in total. The summed E-state index contributed by atoms with van der Waals surface area (Å²) in [7, 11) is 0. The van der Waals surface area contributed by atoms with Crippen LogP contribution in [0.3, 0.4) is 0 Å². The summed E-state index contributed by atoms with van der Waals surface area (Å²) in [5.41, 5.74) is 2.08. The molecular weight excluding hydrogens is 262 g/mol. The Hall–Kier alpha value is -2.54. The molecule has 0 saturated carbocycles. The van der Waals surface area contributed by atoms with Gasteiger partial charge in [0.25, 0.3) is 5.91 Å².